The minimum absolute atomic E-state index is 0.363. The van der Waals surface area contributed by atoms with Gasteiger partial charge in [0.05, 0.1) is 11.3 Å². The van der Waals surface area contributed by atoms with Crippen molar-refractivity contribution in [2.24, 2.45) is 11.6 Å². The van der Waals surface area contributed by atoms with Crippen LogP contribution in [0.3, 0.4) is 0 Å². The summed E-state index contributed by atoms with van der Waals surface area (Å²) in [6.45, 7) is 5.79. The van der Waals surface area contributed by atoms with Gasteiger partial charge in [0.2, 0.25) is 0 Å². The maximum Gasteiger partial charge on any atom is 0.0997 e. The van der Waals surface area contributed by atoms with Gasteiger partial charge in [0.15, 0.2) is 0 Å². The van der Waals surface area contributed by atoms with Crippen molar-refractivity contribution in [2.75, 3.05) is 6.54 Å². The third kappa shape index (κ3) is 3.85. The van der Waals surface area contributed by atoms with E-state index in [1.54, 1.807) is 13.8 Å². The molecule has 0 saturated carbocycles. The molecule has 0 bridgehead atoms. The van der Waals surface area contributed by atoms with Crippen LogP contribution >= 0.6 is 0 Å². The van der Waals surface area contributed by atoms with Crippen molar-refractivity contribution in [1.29, 1.82) is 0 Å². The second-order valence-electron chi connectivity index (χ2n) is 2.97. The van der Waals surface area contributed by atoms with Crippen LogP contribution in [-0.2, 0) is 0 Å². The summed E-state index contributed by atoms with van der Waals surface area (Å²) in [4.78, 5) is 0. The summed E-state index contributed by atoms with van der Waals surface area (Å²) in [5.41, 5.74) is 4.89. The zero-order valence-corrected chi connectivity index (χ0v) is 7.33. The Bertz CT molecular complexity index is 148. The van der Waals surface area contributed by atoms with Crippen molar-refractivity contribution in [3.05, 3.63) is 11.9 Å². The lowest BCUT2D eigenvalue weighted by Gasteiger charge is -2.20. The lowest BCUT2D eigenvalue weighted by atomic mass is 10.1. The maximum absolute atomic E-state index is 9.36. The summed E-state index contributed by atoms with van der Waals surface area (Å²) in [6.07, 6.45) is 1.53. The van der Waals surface area contributed by atoms with E-state index in [0.29, 0.717) is 12.2 Å². The highest BCUT2D eigenvalue weighted by molar-refractivity contribution is 5.07. The number of nitrogens with two attached hydrogens (primary N) is 2. The summed E-state index contributed by atoms with van der Waals surface area (Å²) >= 11 is 0. The van der Waals surface area contributed by atoms with Crippen LogP contribution in [0, 0.1) is 0 Å². The predicted molar refractivity (Wildman–Crippen MR) is 45.1 cm³/mol. The lowest BCUT2D eigenvalue weighted by molar-refractivity contribution is 0.115. The molecule has 0 spiro atoms. The van der Waals surface area contributed by atoms with Crippen LogP contribution in [0.25, 0.3) is 0 Å². The fourth-order valence-corrected chi connectivity index (χ4v) is 0.428. The Hall–Kier alpha value is -0.740. The van der Waals surface area contributed by atoms with E-state index in [2.05, 4.69) is 0 Å². The van der Waals surface area contributed by atoms with Gasteiger partial charge in [-0.15, -0.1) is 0 Å². The predicted octanol–water partition coefficient (Wildman–Crippen LogP) is -0.247. The Morgan fingerprint density at radius 1 is 1.64 bits per heavy atom. The first-order valence-corrected chi connectivity index (χ1v) is 3.59. The van der Waals surface area contributed by atoms with Gasteiger partial charge in [-0.2, -0.15) is 0 Å². The average molecular weight is 159 g/mol. The average Bonchev–Trinajstić information content (AvgIpc) is 1.85. The summed E-state index contributed by atoms with van der Waals surface area (Å²) in [7, 11) is 0. The molecule has 0 aliphatic heterocycles. The van der Waals surface area contributed by atoms with Gasteiger partial charge in [-0.3, -0.25) is 0 Å². The van der Waals surface area contributed by atoms with Gasteiger partial charge >= 0.3 is 0 Å². The number of aliphatic hydroxyl groups is 1. The largest absolute Gasteiger partial charge is 0.398 e. The molecule has 4 nitrogen and oxygen atoms in total. The minimum atomic E-state index is -0.993. The first kappa shape index (κ1) is 10.3. The van der Waals surface area contributed by atoms with Crippen LogP contribution in [0.4, 0.5) is 0 Å². The highest BCUT2D eigenvalue weighted by Crippen LogP contribution is 2.08. The Morgan fingerprint density at radius 2 is 2.09 bits per heavy atom. The third-order valence-electron chi connectivity index (χ3n) is 1.38. The summed E-state index contributed by atoms with van der Waals surface area (Å²) in [5.74, 6) is 5.44. The van der Waals surface area contributed by atoms with Gasteiger partial charge in [0, 0.05) is 12.7 Å². The molecule has 11 heavy (non-hydrogen) atoms. The topological polar surface area (TPSA) is 75.5 Å². The van der Waals surface area contributed by atoms with Gasteiger partial charge in [0.25, 0.3) is 0 Å². The molecular formula is C7H17N3O. The molecule has 0 aliphatic rings. The van der Waals surface area contributed by atoms with Crippen molar-refractivity contribution < 1.29 is 5.11 Å². The monoisotopic (exact) mass is 159 g/mol. The van der Waals surface area contributed by atoms with Crippen molar-refractivity contribution in [3.8, 4) is 0 Å². The number of nitrogens with zero attached hydrogens (tertiary/aromatic N) is 1. The summed E-state index contributed by atoms with van der Waals surface area (Å²) in [5, 5.41) is 10.8. The third-order valence-corrected chi connectivity index (χ3v) is 1.38. The quantitative estimate of drug-likeness (QED) is 0.392. The number of rotatable bonds is 3. The molecule has 0 aliphatic carbocycles. The van der Waals surface area contributed by atoms with E-state index in [-0.39, 0.29) is 0 Å². The van der Waals surface area contributed by atoms with E-state index in [0.717, 1.165) is 0 Å². The minimum Gasteiger partial charge on any atom is -0.398 e. The molecule has 5 N–H and O–H groups in total. The highest BCUT2D eigenvalue weighted by Gasteiger charge is 2.16. The van der Waals surface area contributed by atoms with Crippen LogP contribution in [-0.4, -0.2) is 22.3 Å². The van der Waals surface area contributed by atoms with Crippen LogP contribution in [0.15, 0.2) is 11.9 Å². The molecule has 0 fully saturated rings. The second kappa shape index (κ2) is 3.59. The molecule has 0 aromatic heterocycles. The fourth-order valence-electron chi connectivity index (χ4n) is 0.428. The molecule has 0 unspecified atom stereocenters. The summed E-state index contributed by atoms with van der Waals surface area (Å²) < 4.78 is 0. The SMILES string of the molecule is CCN(N)/C=C(\N)C(C)(C)O. The normalized spacial score (nSPS) is 13.4. The van der Waals surface area contributed by atoms with Crippen LogP contribution in [0.2, 0.25) is 0 Å². The molecule has 4 heteroatoms. The zero-order chi connectivity index (χ0) is 9.07. The highest BCUT2D eigenvalue weighted by atomic mass is 16.3. The van der Waals surface area contributed by atoms with Crippen molar-refractivity contribution in [2.45, 2.75) is 26.4 Å². The van der Waals surface area contributed by atoms with Gasteiger partial charge in [-0.25, -0.2) is 5.84 Å². The Kier molecular flexibility index (Phi) is 3.35. The number of hydrazine groups is 1. The van der Waals surface area contributed by atoms with Gasteiger partial charge in [-0.1, -0.05) is 0 Å². The van der Waals surface area contributed by atoms with E-state index >= 15 is 0 Å². The Balaban J connectivity index is 4.22. The van der Waals surface area contributed by atoms with Gasteiger partial charge in [0.1, 0.15) is 0 Å². The van der Waals surface area contributed by atoms with E-state index in [1.165, 1.54) is 11.2 Å². The molecule has 0 rings (SSSR count). The van der Waals surface area contributed by atoms with Crippen LogP contribution < -0.4 is 11.6 Å². The van der Waals surface area contributed by atoms with Gasteiger partial charge in [-0.05, 0) is 20.8 Å². The Labute approximate surface area is 67.4 Å². The molecule has 0 aromatic rings. The number of hydrogen-bond donors (Lipinski definition) is 3. The molecule has 0 atom stereocenters. The van der Waals surface area contributed by atoms with Crippen LogP contribution in [0.1, 0.15) is 20.8 Å². The lowest BCUT2D eigenvalue weighted by Crippen LogP contribution is -2.33. The standard InChI is InChI=1S/C7H17N3O/c1-4-10(9)5-6(8)7(2,3)11/h5,11H,4,8-9H2,1-3H3/b6-5-. The molecule has 0 saturated heterocycles. The molecule has 0 aromatic carbocycles. The first-order chi connectivity index (χ1) is 4.88. The van der Waals surface area contributed by atoms with Gasteiger partial charge < -0.3 is 15.8 Å². The van der Waals surface area contributed by atoms with E-state index in [9.17, 15) is 5.11 Å². The van der Waals surface area contributed by atoms with Crippen molar-refractivity contribution >= 4 is 0 Å². The second-order valence-corrected chi connectivity index (χ2v) is 2.97. The van der Waals surface area contributed by atoms with E-state index in [1.807, 2.05) is 6.92 Å². The fraction of sp³-hybridized carbons (Fsp3) is 0.714. The maximum atomic E-state index is 9.36. The first-order valence-electron chi connectivity index (χ1n) is 3.59. The molecule has 0 amide bonds. The molecule has 66 valence electrons. The van der Waals surface area contributed by atoms with E-state index in [4.69, 9.17) is 11.6 Å². The van der Waals surface area contributed by atoms with Crippen LogP contribution in [0.5, 0.6) is 0 Å². The molecular weight excluding hydrogens is 142 g/mol. The van der Waals surface area contributed by atoms with E-state index < -0.39 is 5.60 Å². The Morgan fingerprint density at radius 3 is 2.36 bits per heavy atom. The molecule has 0 heterocycles. The number of hydrogen-bond acceptors (Lipinski definition) is 4. The van der Waals surface area contributed by atoms with Crippen molar-refractivity contribution in [3.63, 3.8) is 0 Å². The van der Waals surface area contributed by atoms with Crippen molar-refractivity contribution in [1.82, 2.24) is 5.01 Å². The summed E-state index contributed by atoms with van der Waals surface area (Å²) in [6, 6.07) is 0. The smallest absolute Gasteiger partial charge is 0.0997 e. The molecule has 0 radical (unpaired) electrons. The zero-order valence-electron chi connectivity index (χ0n) is 7.33.